The van der Waals surface area contributed by atoms with Gasteiger partial charge in [0.15, 0.2) is 5.82 Å². The first-order valence-electron chi connectivity index (χ1n) is 9.21. The molecule has 1 atom stereocenters. The van der Waals surface area contributed by atoms with Crippen LogP contribution in [0.5, 0.6) is 0 Å². The van der Waals surface area contributed by atoms with E-state index in [1.807, 2.05) is 60.1 Å². The van der Waals surface area contributed by atoms with Crippen LogP contribution in [0, 0.1) is 0 Å². The number of hydrogen-bond donors (Lipinski definition) is 1. The van der Waals surface area contributed by atoms with Gasteiger partial charge in [0, 0.05) is 50.7 Å². The third-order valence-corrected chi connectivity index (χ3v) is 5.08. The average Bonchev–Trinajstić information content (AvgIpc) is 3.39. The normalized spacial score (nSPS) is 17.0. The summed E-state index contributed by atoms with van der Waals surface area (Å²) in [6.07, 6.45) is 5.10. The zero-order valence-electron chi connectivity index (χ0n) is 15.9. The van der Waals surface area contributed by atoms with E-state index in [2.05, 4.69) is 15.2 Å². The summed E-state index contributed by atoms with van der Waals surface area (Å²) in [6, 6.07) is 9.11. The first-order valence-corrected chi connectivity index (χ1v) is 9.21. The summed E-state index contributed by atoms with van der Waals surface area (Å²) in [5.41, 5.74) is 1.97. The summed E-state index contributed by atoms with van der Waals surface area (Å²) < 4.78 is 1.86. The molecule has 1 aromatic carbocycles. The van der Waals surface area contributed by atoms with Crippen molar-refractivity contribution in [3.8, 4) is 11.4 Å². The molecule has 3 heterocycles. The first kappa shape index (κ1) is 18.0. The van der Waals surface area contributed by atoms with E-state index in [0.717, 1.165) is 5.56 Å². The number of carbonyl (C=O) groups is 2. The van der Waals surface area contributed by atoms with Crippen molar-refractivity contribution in [2.75, 3.05) is 19.6 Å². The van der Waals surface area contributed by atoms with Gasteiger partial charge in [0.2, 0.25) is 0 Å². The maximum absolute atomic E-state index is 13.2. The second kappa shape index (κ2) is 7.30. The first-order chi connectivity index (χ1) is 13.5. The van der Waals surface area contributed by atoms with Crippen molar-refractivity contribution in [1.29, 1.82) is 0 Å². The highest BCUT2D eigenvalue weighted by Gasteiger charge is 2.31. The molecule has 8 heteroatoms. The number of benzene rings is 1. The second-order valence-electron chi connectivity index (χ2n) is 7.04. The van der Waals surface area contributed by atoms with Gasteiger partial charge < -0.3 is 14.4 Å². The van der Waals surface area contributed by atoms with Crippen molar-refractivity contribution >= 4 is 11.8 Å². The van der Waals surface area contributed by atoms with Crippen LogP contribution in [0.3, 0.4) is 0 Å². The van der Waals surface area contributed by atoms with Crippen molar-refractivity contribution in [3.05, 3.63) is 60.2 Å². The number of H-pyrrole nitrogens is 1. The lowest BCUT2D eigenvalue weighted by Gasteiger charge is -2.40. The quantitative estimate of drug-likeness (QED) is 0.753. The Labute approximate surface area is 162 Å². The van der Waals surface area contributed by atoms with Crippen molar-refractivity contribution < 1.29 is 9.59 Å². The molecule has 8 nitrogen and oxygen atoms in total. The van der Waals surface area contributed by atoms with Gasteiger partial charge >= 0.3 is 0 Å². The van der Waals surface area contributed by atoms with E-state index in [1.165, 1.54) is 6.33 Å². The molecule has 0 radical (unpaired) electrons. The lowest BCUT2D eigenvalue weighted by molar-refractivity contribution is 0.0415. The minimum Gasteiger partial charge on any atom is -0.356 e. The number of aryl methyl sites for hydroxylation is 1. The lowest BCUT2D eigenvalue weighted by Crippen LogP contribution is -2.55. The predicted octanol–water partition coefficient (Wildman–Crippen LogP) is 1.80. The van der Waals surface area contributed by atoms with Crippen LogP contribution in [0.4, 0.5) is 0 Å². The monoisotopic (exact) mass is 378 g/mol. The zero-order valence-corrected chi connectivity index (χ0v) is 15.9. The summed E-state index contributed by atoms with van der Waals surface area (Å²) in [5, 5.41) is 6.69. The van der Waals surface area contributed by atoms with Gasteiger partial charge in [-0.1, -0.05) is 18.2 Å². The van der Waals surface area contributed by atoms with Crippen LogP contribution in [0.25, 0.3) is 11.4 Å². The van der Waals surface area contributed by atoms with Crippen molar-refractivity contribution in [3.63, 3.8) is 0 Å². The molecule has 0 aliphatic carbocycles. The molecule has 2 aromatic heterocycles. The predicted molar refractivity (Wildman–Crippen MR) is 104 cm³/mol. The summed E-state index contributed by atoms with van der Waals surface area (Å²) in [7, 11) is 1.89. The molecular formula is C20H22N6O2. The molecule has 2 amide bonds. The SMILES string of the molecule is CC1CN(C(=O)c2ccccc2-c2ncn[nH]2)CCN1C(=O)c1ccn(C)c1. The minimum atomic E-state index is -0.0668. The van der Waals surface area contributed by atoms with Gasteiger partial charge in [-0.05, 0) is 19.1 Å². The van der Waals surface area contributed by atoms with Crippen LogP contribution in [0.2, 0.25) is 0 Å². The van der Waals surface area contributed by atoms with Crippen molar-refractivity contribution in [1.82, 2.24) is 29.5 Å². The van der Waals surface area contributed by atoms with E-state index in [4.69, 9.17) is 0 Å². The number of nitrogens with zero attached hydrogens (tertiary/aromatic N) is 5. The molecule has 0 saturated carbocycles. The van der Waals surface area contributed by atoms with E-state index >= 15 is 0 Å². The van der Waals surface area contributed by atoms with Gasteiger partial charge in [-0.3, -0.25) is 14.7 Å². The Balaban J connectivity index is 1.51. The topological polar surface area (TPSA) is 87.1 Å². The van der Waals surface area contributed by atoms with Crippen LogP contribution in [-0.2, 0) is 7.05 Å². The van der Waals surface area contributed by atoms with E-state index in [-0.39, 0.29) is 17.9 Å². The molecule has 28 heavy (non-hydrogen) atoms. The summed E-state index contributed by atoms with van der Waals surface area (Å²) >= 11 is 0. The fourth-order valence-electron chi connectivity index (χ4n) is 3.62. The molecule has 144 valence electrons. The number of nitrogens with one attached hydrogen (secondary N) is 1. The number of rotatable bonds is 3. The standard InChI is InChI=1S/C20H22N6O2/c1-14-11-25(9-10-26(14)19(27)15-7-8-24(2)12-15)20(28)17-6-4-3-5-16(17)18-21-13-22-23-18/h3-8,12-14H,9-11H2,1-2H3,(H,21,22,23). The van der Waals surface area contributed by atoms with E-state index in [1.54, 1.807) is 11.0 Å². The highest BCUT2D eigenvalue weighted by atomic mass is 16.2. The molecule has 1 unspecified atom stereocenters. The molecule has 1 saturated heterocycles. The van der Waals surface area contributed by atoms with Crippen LogP contribution in [0.15, 0.2) is 49.1 Å². The molecule has 0 bridgehead atoms. The van der Waals surface area contributed by atoms with Crippen LogP contribution in [-0.4, -0.2) is 67.0 Å². The summed E-state index contributed by atoms with van der Waals surface area (Å²) in [5.74, 6) is 0.503. The van der Waals surface area contributed by atoms with E-state index in [9.17, 15) is 9.59 Å². The zero-order chi connectivity index (χ0) is 19.7. The number of hydrogen-bond acceptors (Lipinski definition) is 4. The van der Waals surface area contributed by atoms with Gasteiger partial charge in [0.1, 0.15) is 6.33 Å². The van der Waals surface area contributed by atoms with Crippen LogP contribution >= 0.6 is 0 Å². The Morgan fingerprint density at radius 3 is 2.64 bits per heavy atom. The fourth-order valence-corrected chi connectivity index (χ4v) is 3.62. The Hall–Kier alpha value is -3.42. The minimum absolute atomic E-state index is 0.00209. The second-order valence-corrected chi connectivity index (χ2v) is 7.04. The third kappa shape index (κ3) is 3.28. The van der Waals surface area contributed by atoms with Crippen LogP contribution < -0.4 is 0 Å². The van der Waals surface area contributed by atoms with Crippen molar-refractivity contribution in [2.24, 2.45) is 7.05 Å². The Kier molecular flexibility index (Phi) is 4.68. The lowest BCUT2D eigenvalue weighted by atomic mass is 10.0. The molecule has 1 fully saturated rings. The van der Waals surface area contributed by atoms with Gasteiger partial charge in [-0.15, -0.1) is 0 Å². The Bertz CT molecular complexity index is 994. The summed E-state index contributed by atoms with van der Waals surface area (Å²) in [4.78, 5) is 33.7. The molecule has 1 aliphatic heterocycles. The number of aromatic nitrogens is 4. The molecular weight excluding hydrogens is 356 g/mol. The van der Waals surface area contributed by atoms with Gasteiger partial charge in [-0.2, -0.15) is 5.10 Å². The number of carbonyl (C=O) groups excluding carboxylic acids is 2. The Morgan fingerprint density at radius 2 is 1.96 bits per heavy atom. The molecule has 0 spiro atoms. The maximum Gasteiger partial charge on any atom is 0.255 e. The average molecular weight is 378 g/mol. The van der Waals surface area contributed by atoms with Gasteiger partial charge in [-0.25, -0.2) is 4.98 Å². The maximum atomic E-state index is 13.2. The Morgan fingerprint density at radius 1 is 1.14 bits per heavy atom. The third-order valence-electron chi connectivity index (χ3n) is 5.08. The highest BCUT2D eigenvalue weighted by molar-refractivity contribution is 6.00. The number of piperazine rings is 1. The number of amides is 2. The van der Waals surface area contributed by atoms with E-state index < -0.39 is 0 Å². The number of aromatic amines is 1. The highest BCUT2D eigenvalue weighted by Crippen LogP contribution is 2.23. The fraction of sp³-hybridized carbons (Fsp3) is 0.300. The summed E-state index contributed by atoms with van der Waals surface area (Å²) in [6.45, 7) is 3.46. The van der Waals surface area contributed by atoms with Gasteiger partial charge in [0.05, 0.1) is 11.1 Å². The molecule has 1 N–H and O–H groups in total. The van der Waals surface area contributed by atoms with Crippen LogP contribution in [0.1, 0.15) is 27.6 Å². The van der Waals surface area contributed by atoms with Crippen molar-refractivity contribution in [2.45, 2.75) is 13.0 Å². The molecule has 3 aromatic rings. The van der Waals surface area contributed by atoms with Gasteiger partial charge in [0.25, 0.3) is 11.8 Å². The largest absolute Gasteiger partial charge is 0.356 e. The molecule has 1 aliphatic rings. The van der Waals surface area contributed by atoms with E-state index in [0.29, 0.717) is 36.6 Å². The molecule has 4 rings (SSSR count). The smallest absolute Gasteiger partial charge is 0.255 e.